The first-order valence-electron chi connectivity index (χ1n) is 6.18. The van der Waals surface area contributed by atoms with Crippen molar-refractivity contribution in [1.82, 2.24) is 4.31 Å². The SMILES string of the molecule is CC(=O)[C@@H]1C[C@@H](F)[C@H](C)N1S(=O)(=O)c1ccc(F)cc1. The Bertz CT molecular complexity index is 615. The van der Waals surface area contributed by atoms with Crippen LogP contribution in [0.15, 0.2) is 29.2 Å². The Labute approximate surface area is 116 Å². The monoisotopic (exact) mass is 303 g/mol. The first-order chi connectivity index (χ1) is 9.25. The molecule has 0 radical (unpaired) electrons. The summed E-state index contributed by atoms with van der Waals surface area (Å²) in [5.74, 6) is -0.965. The topological polar surface area (TPSA) is 54.5 Å². The maximum Gasteiger partial charge on any atom is 0.244 e. The van der Waals surface area contributed by atoms with Crippen LogP contribution in [0.2, 0.25) is 0 Å². The molecule has 20 heavy (non-hydrogen) atoms. The molecule has 1 aromatic carbocycles. The fourth-order valence-corrected chi connectivity index (χ4v) is 4.28. The van der Waals surface area contributed by atoms with Crippen molar-refractivity contribution in [2.24, 2.45) is 0 Å². The van der Waals surface area contributed by atoms with Crippen LogP contribution in [-0.2, 0) is 14.8 Å². The maximum atomic E-state index is 13.8. The summed E-state index contributed by atoms with van der Waals surface area (Å²) in [6.45, 7) is 2.66. The molecule has 4 nitrogen and oxygen atoms in total. The van der Waals surface area contributed by atoms with Crippen LogP contribution in [0.3, 0.4) is 0 Å². The van der Waals surface area contributed by atoms with Gasteiger partial charge < -0.3 is 0 Å². The van der Waals surface area contributed by atoms with E-state index in [1.165, 1.54) is 13.8 Å². The van der Waals surface area contributed by atoms with Crippen molar-refractivity contribution in [3.63, 3.8) is 0 Å². The third-order valence-electron chi connectivity index (χ3n) is 3.54. The van der Waals surface area contributed by atoms with E-state index in [0.29, 0.717) is 0 Å². The third kappa shape index (κ3) is 2.47. The van der Waals surface area contributed by atoms with E-state index in [1.54, 1.807) is 0 Å². The predicted molar refractivity (Wildman–Crippen MR) is 68.9 cm³/mol. The number of carbonyl (C=O) groups excluding carboxylic acids is 1. The molecule has 0 N–H and O–H groups in total. The molecule has 1 aliphatic rings. The second kappa shape index (κ2) is 5.21. The molecule has 1 heterocycles. The molecule has 110 valence electrons. The molecule has 0 unspecified atom stereocenters. The highest BCUT2D eigenvalue weighted by molar-refractivity contribution is 7.89. The number of nitrogens with zero attached hydrogens (tertiary/aromatic N) is 1. The van der Waals surface area contributed by atoms with Gasteiger partial charge in [-0.3, -0.25) is 4.79 Å². The zero-order valence-corrected chi connectivity index (χ0v) is 11.9. The second-order valence-electron chi connectivity index (χ2n) is 4.91. The van der Waals surface area contributed by atoms with Crippen LogP contribution in [0.1, 0.15) is 20.3 Å². The molecule has 2 rings (SSSR count). The van der Waals surface area contributed by atoms with Crippen LogP contribution in [-0.4, -0.2) is 36.8 Å². The van der Waals surface area contributed by atoms with Crippen LogP contribution >= 0.6 is 0 Å². The van der Waals surface area contributed by atoms with Gasteiger partial charge in [-0.25, -0.2) is 17.2 Å². The second-order valence-corrected chi connectivity index (χ2v) is 6.75. The van der Waals surface area contributed by atoms with Crippen molar-refractivity contribution in [2.75, 3.05) is 0 Å². The molecule has 0 aliphatic carbocycles. The molecule has 0 bridgehead atoms. The summed E-state index contributed by atoms with van der Waals surface area (Å²) in [5.41, 5.74) is 0. The summed E-state index contributed by atoms with van der Waals surface area (Å²) in [6.07, 6.45) is -1.53. The average Bonchev–Trinajstić information content (AvgIpc) is 2.67. The first-order valence-corrected chi connectivity index (χ1v) is 7.63. The third-order valence-corrected chi connectivity index (χ3v) is 5.55. The minimum absolute atomic E-state index is 0.142. The number of hydrogen-bond acceptors (Lipinski definition) is 3. The summed E-state index contributed by atoms with van der Waals surface area (Å²) >= 11 is 0. The van der Waals surface area contributed by atoms with Gasteiger partial charge in [-0.05, 0) is 38.1 Å². The Balaban J connectivity index is 2.46. The van der Waals surface area contributed by atoms with Gasteiger partial charge in [0, 0.05) is 6.42 Å². The highest BCUT2D eigenvalue weighted by atomic mass is 32.2. The molecule has 0 aromatic heterocycles. The van der Waals surface area contributed by atoms with Gasteiger partial charge in [-0.15, -0.1) is 0 Å². The maximum absolute atomic E-state index is 13.8. The first kappa shape index (κ1) is 15.1. The zero-order valence-electron chi connectivity index (χ0n) is 11.1. The molecule has 0 saturated carbocycles. The van der Waals surface area contributed by atoms with Crippen molar-refractivity contribution in [2.45, 2.75) is 43.4 Å². The lowest BCUT2D eigenvalue weighted by atomic mass is 10.1. The summed E-state index contributed by atoms with van der Waals surface area (Å²) in [6, 6.07) is 2.33. The number of halogens is 2. The summed E-state index contributed by atoms with van der Waals surface area (Å²) in [5, 5.41) is 0. The van der Waals surface area contributed by atoms with E-state index in [0.717, 1.165) is 28.6 Å². The minimum atomic E-state index is -4.03. The van der Waals surface area contributed by atoms with Crippen molar-refractivity contribution in [1.29, 1.82) is 0 Å². The quantitative estimate of drug-likeness (QED) is 0.857. The molecule has 0 spiro atoms. The summed E-state index contributed by atoms with van der Waals surface area (Å²) in [4.78, 5) is 11.4. The lowest BCUT2D eigenvalue weighted by Gasteiger charge is -2.26. The van der Waals surface area contributed by atoms with Gasteiger partial charge in [0.15, 0.2) is 0 Å². The van der Waals surface area contributed by atoms with E-state index in [2.05, 4.69) is 0 Å². The fourth-order valence-electron chi connectivity index (χ4n) is 2.42. The van der Waals surface area contributed by atoms with E-state index in [-0.39, 0.29) is 11.3 Å². The van der Waals surface area contributed by atoms with E-state index in [4.69, 9.17) is 0 Å². The Hall–Kier alpha value is -1.34. The lowest BCUT2D eigenvalue weighted by molar-refractivity contribution is -0.120. The highest BCUT2D eigenvalue weighted by Gasteiger charge is 2.47. The number of hydrogen-bond donors (Lipinski definition) is 0. The predicted octanol–water partition coefficient (Wildman–Crippen LogP) is 1.90. The Morgan fingerprint density at radius 1 is 1.30 bits per heavy atom. The molecule has 1 fully saturated rings. The standard InChI is InChI=1S/C13H15F2NO3S/c1-8-12(15)7-13(9(2)17)16(8)20(18,19)11-5-3-10(14)4-6-11/h3-6,8,12-13H,7H2,1-2H3/t8-,12+,13-/m0/s1. The molecular weight excluding hydrogens is 288 g/mol. The van der Waals surface area contributed by atoms with Gasteiger partial charge in [0.1, 0.15) is 17.8 Å². The molecule has 3 atom stereocenters. The zero-order chi connectivity index (χ0) is 15.1. The molecule has 0 amide bonds. The summed E-state index contributed by atoms with van der Waals surface area (Å²) < 4.78 is 52.5. The number of alkyl halides is 1. The van der Waals surface area contributed by atoms with Gasteiger partial charge in [0.2, 0.25) is 10.0 Å². The van der Waals surface area contributed by atoms with Crippen molar-refractivity contribution in [3.8, 4) is 0 Å². The Morgan fingerprint density at radius 2 is 1.85 bits per heavy atom. The van der Waals surface area contributed by atoms with Crippen LogP contribution in [0, 0.1) is 5.82 Å². The van der Waals surface area contributed by atoms with Crippen LogP contribution in [0.25, 0.3) is 0 Å². The lowest BCUT2D eigenvalue weighted by Crippen LogP contribution is -2.43. The highest BCUT2D eigenvalue weighted by Crippen LogP contribution is 2.33. The minimum Gasteiger partial charge on any atom is -0.298 e. The fraction of sp³-hybridized carbons (Fsp3) is 0.462. The smallest absolute Gasteiger partial charge is 0.244 e. The number of rotatable bonds is 3. The number of sulfonamides is 1. The van der Waals surface area contributed by atoms with Crippen LogP contribution in [0.5, 0.6) is 0 Å². The molecule has 7 heteroatoms. The molecular formula is C13H15F2NO3S. The van der Waals surface area contributed by atoms with Crippen molar-refractivity contribution >= 4 is 15.8 Å². The van der Waals surface area contributed by atoms with E-state index in [9.17, 15) is 22.0 Å². The average molecular weight is 303 g/mol. The number of Topliss-reactive ketones (excluding diaryl/α,β-unsaturated/α-hetero) is 1. The van der Waals surface area contributed by atoms with Crippen LogP contribution < -0.4 is 0 Å². The number of carbonyl (C=O) groups is 1. The molecule has 1 aromatic rings. The van der Waals surface area contributed by atoms with Gasteiger partial charge in [-0.2, -0.15) is 4.31 Å². The number of benzene rings is 1. The van der Waals surface area contributed by atoms with Crippen molar-refractivity contribution in [3.05, 3.63) is 30.1 Å². The number of ketones is 1. The molecule has 1 aliphatic heterocycles. The van der Waals surface area contributed by atoms with Crippen LogP contribution in [0.4, 0.5) is 8.78 Å². The largest absolute Gasteiger partial charge is 0.298 e. The van der Waals surface area contributed by atoms with Gasteiger partial charge in [-0.1, -0.05) is 0 Å². The van der Waals surface area contributed by atoms with Gasteiger partial charge >= 0.3 is 0 Å². The molecule has 1 saturated heterocycles. The normalized spacial score (nSPS) is 27.7. The summed E-state index contributed by atoms with van der Waals surface area (Å²) in [7, 11) is -4.03. The Morgan fingerprint density at radius 3 is 2.35 bits per heavy atom. The van der Waals surface area contributed by atoms with Gasteiger partial charge in [0.05, 0.1) is 17.0 Å². The van der Waals surface area contributed by atoms with Gasteiger partial charge in [0.25, 0.3) is 0 Å². The Kier molecular flexibility index (Phi) is 3.93. The van der Waals surface area contributed by atoms with E-state index in [1.807, 2.05) is 0 Å². The van der Waals surface area contributed by atoms with E-state index >= 15 is 0 Å². The van der Waals surface area contributed by atoms with Crippen molar-refractivity contribution < 1.29 is 22.0 Å². The van der Waals surface area contributed by atoms with E-state index < -0.39 is 39.9 Å².